The van der Waals surface area contributed by atoms with Gasteiger partial charge in [0.05, 0.1) is 0 Å². The molecular weight excluding hydrogens is 474 g/mol. The summed E-state index contributed by atoms with van der Waals surface area (Å²) in [4.78, 5) is 0. The van der Waals surface area contributed by atoms with E-state index in [4.69, 9.17) is 0 Å². The second-order valence-corrected chi connectivity index (χ2v) is 14.1. The van der Waals surface area contributed by atoms with Crippen molar-refractivity contribution in [2.24, 2.45) is 0 Å². The van der Waals surface area contributed by atoms with Crippen LogP contribution in [0.1, 0.15) is 70.2 Å². The minimum atomic E-state index is -0.731. The van der Waals surface area contributed by atoms with Gasteiger partial charge in [0.15, 0.2) is 0 Å². The van der Waals surface area contributed by atoms with Crippen LogP contribution in [0.4, 0.5) is 0 Å². The van der Waals surface area contributed by atoms with Gasteiger partial charge in [-0.25, -0.2) is 0 Å². The van der Waals surface area contributed by atoms with E-state index in [1.165, 1.54) is 47.9 Å². The van der Waals surface area contributed by atoms with Gasteiger partial charge in [0.1, 0.15) is 0 Å². The molecule has 0 aromatic heterocycles. The van der Waals surface area contributed by atoms with Gasteiger partial charge in [-0.2, -0.15) is 0 Å². The summed E-state index contributed by atoms with van der Waals surface area (Å²) in [6, 6.07) is 10.1. The van der Waals surface area contributed by atoms with Gasteiger partial charge in [-0.1, -0.05) is 0 Å². The first-order chi connectivity index (χ1) is 12.9. The number of allylic oxidation sites excluding steroid dienone is 2. The molecule has 2 bridgehead atoms. The van der Waals surface area contributed by atoms with Crippen LogP contribution < -0.4 is 24.8 Å². The molecule has 4 aliphatic rings. The molecule has 3 heteroatoms. The number of hydrogen-bond acceptors (Lipinski definition) is 0. The van der Waals surface area contributed by atoms with Crippen LogP contribution in [0.5, 0.6) is 0 Å². The largest absolute Gasteiger partial charge is 1.00 e. The molecule has 0 radical (unpaired) electrons. The maximum Gasteiger partial charge on any atom is -1.00 e. The van der Waals surface area contributed by atoms with Crippen molar-refractivity contribution in [1.29, 1.82) is 0 Å². The molecule has 2 saturated heterocycles. The van der Waals surface area contributed by atoms with E-state index in [9.17, 15) is 0 Å². The molecule has 2 aromatic carbocycles. The third-order valence-corrected chi connectivity index (χ3v) is 14.2. The molecule has 2 aliphatic heterocycles. The Kier molecular flexibility index (Phi) is 5.18. The van der Waals surface area contributed by atoms with Gasteiger partial charge in [0.2, 0.25) is 0 Å². The monoisotopic (exact) mass is 498 g/mol. The Bertz CT molecular complexity index is 1020. The van der Waals surface area contributed by atoms with Crippen LogP contribution in [0.2, 0.25) is 0 Å². The number of fused-ring (bicyclic) bond motifs is 2. The second kappa shape index (κ2) is 6.95. The number of benzene rings is 2. The van der Waals surface area contributed by atoms with Crippen LogP contribution in [-0.4, -0.2) is 0 Å². The summed E-state index contributed by atoms with van der Waals surface area (Å²) in [6.07, 6.45) is 10.6. The van der Waals surface area contributed by atoms with E-state index in [-0.39, 0.29) is 24.8 Å². The summed E-state index contributed by atoms with van der Waals surface area (Å²) in [5.41, 5.74) is 16.0. The summed E-state index contributed by atoms with van der Waals surface area (Å²) in [5, 5.41) is 0. The standard InChI is InChI=1S/C26H26.2ClH.Zr/c1-15-9-21-13-19-5-6-20-14-22-10-16(2)18(4)12-26(22)24(20)8-7-23(19)25(21)11-17(15)3;;;/h9-14H,5-8H2,1-4H3;2*1H;/q;;;+2/p-2. The van der Waals surface area contributed by atoms with Gasteiger partial charge in [0, 0.05) is 0 Å². The van der Waals surface area contributed by atoms with E-state index in [2.05, 4.69) is 64.1 Å². The molecule has 0 amide bonds. The van der Waals surface area contributed by atoms with Crippen molar-refractivity contribution in [1.82, 2.24) is 0 Å². The fraction of sp³-hybridized carbons (Fsp3) is 0.385. The summed E-state index contributed by atoms with van der Waals surface area (Å²) in [6.45, 7) is 9.16. The molecule has 6 rings (SSSR count). The van der Waals surface area contributed by atoms with E-state index in [0.717, 1.165) is 0 Å². The van der Waals surface area contributed by atoms with Crippen LogP contribution in [0, 0.1) is 27.7 Å². The Morgan fingerprint density at radius 1 is 0.621 bits per heavy atom. The molecular formula is C26H26Cl2Zr. The summed E-state index contributed by atoms with van der Waals surface area (Å²) < 4.78 is 0.931. The first-order valence-electron chi connectivity index (χ1n) is 10.4. The molecule has 2 fully saturated rings. The topological polar surface area (TPSA) is 0 Å². The van der Waals surface area contributed by atoms with Gasteiger partial charge in [-0.05, 0) is 0 Å². The molecule has 2 unspecified atom stereocenters. The predicted octanol–water partition coefficient (Wildman–Crippen LogP) is 0.483. The number of halogens is 2. The zero-order valence-corrected chi connectivity index (χ0v) is 21.5. The molecule has 2 aliphatic carbocycles. The number of hydrogen-bond donors (Lipinski definition) is 0. The van der Waals surface area contributed by atoms with Gasteiger partial charge in [-0.3, -0.25) is 0 Å². The number of rotatable bonds is 0. The zero-order chi connectivity index (χ0) is 18.6. The summed E-state index contributed by atoms with van der Waals surface area (Å²) in [5.74, 6) is 0. The minimum Gasteiger partial charge on any atom is -1.00 e. The molecule has 0 N–H and O–H groups in total. The Labute approximate surface area is 198 Å². The quantitative estimate of drug-likeness (QED) is 0.494. The van der Waals surface area contributed by atoms with Crippen molar-refractivity contribution in [2.75, 3.05) is 0 Å². The van der Waals surface area contributed by atoms with Crippen molar-refractivity contribution >= 4 is 12.2 Å². The second-order valence-electron chi connectivity index (χ2n) is 9.32. The smallest absolute Gasteiger partial charge is 1.00 e. The molecule has 2 atom stereocenters. The Balaban J connectivity index is 0.00000102. The predicted molar refractivity (Wildman–Crippen MR) is 110 cm³/mol. The van der Waals surface area contributed by atoms with Crippen LogP contribution >= 0.6 is 0 Å². The Morgan fingerprint density at radius 3 is 1.41 bits per heavy atom. The van der Waals surface area contributed by atoms with Crippen molar-refractivity contribution < 1.29 is 48.0 Å². The normalized spacial score (nSPS) is 26.9. The van der Waals surface area contributed by atoms with Gasteiger partial charge >= 0.3 is 175 Å². The van der Waals surface area contributed by atoms with Crippen LogP contribution in [0.25, 0.3) is 12.2 Å². The van der Waals surface area contributed by atoms with Crippen LogP contribution in [0.3, 0.4) is 0 Å². The molecule has 148 valence electrons. The maximum atomic E-state index is 2.60. The first kappa shape index (κ1) is 21.6. The van der Waals surface area contributed by atoms with Crippen molar-refractivity contribution in [3.63, 3.8) is 0 Å². The van der Waals surface area contributed by atoms with E-state index >= 15 is 0 Å². The third kappa shape index (κ3) is 2.66. The minimum absolute atomic E-state index is 0. The van der Waals surface area contributed by atoms with E-state index < -0.39 is 23.2 Å². The van der Waals surface area contributed by atoms with E-state index in [1.807, 2.05) is 0 Å². The van der Waals surface area contributed by atoms with Crippen molar-refractivity contribution in [3.05, 3.63) is 79.9 Å². The van der Waals surface area contributed by atoms with Crippen LogP contribution in [0.15, 0.2) is 35.4 Å². The van der Waals surface area contributed by atoms with E-state index in [0.29, 0.717) is 6.25 Å². The summed E-state index contributed by atoms with van der Waals surface area (Å²) >= 11 is -0.731. The third-order valence-electron chi connectivity index (χ3n) is 7.97. The SMILES string of the molecule is Cc1cc2c(cc1C)[C]13CC[C]4([Zr+2]1)C(=Cc1cc(C)c(C)cc14)CCC3=C2.[Cl-].[Cl-]. The van der Waals surface area contributed by atoms with Gasteiger partial charge in [0.25, 0.3) is 0 Å². The van der Waals surface area contributed by atoms with Gasteiger partial charge < -0.3 is 24.8 Å². The average Bonchev–Trinajstić information content (AvgIpc) is 3.21. The molecule has 29 heavy (non-hydrogen) atoms. The molecule has 2 aromatic rings. The Hall–Kier alpha value is -0.617. The van der Waals surface area contributed by atoms with Crippen molar-refractivity contribution in [3.8, 4) is 0 Å². The average molecular weight is 501 g/mol. The fourth-order valence-electron chi connectivity index (χ4n) is 6.21. The van der Waals surface area contributed by atoms with E-state index in [1.54, 1.807) is 33.4 Å². The fourth-order valence-corrected chi connectivity index (χ4v) is 12.7. The summed E-state index contributed by atoms with van der Waals surface area (Å²) in [7, 11) is 0. The zero-order valence-electron chi connectivity index (χ0n) is 17.5. The van der Waals surface area contributed by atoms with Crippen molar-refractivity contribution in [2.45, 2.75) is 59.6 Å². The molecule has 0 nitrogen and oxygen atoms in total. The number of aryl methyl sites for hydroxylation is 4. The Morgan fingerprint density at radius 2 is 1.00 bits per heavy atom. The maximum absolute atomic E-state index is 2.60. The molecule has 2 spiro atoms. The molecule has 0 saturated carbocycles. The van der Waals surface area contributed by atoms with Crippen LogP contribution in [-0.2, 0) is 29.5 Å². The first-order valence-corrected chi connectivity index (χ1v) is 12.8. The molecule has 2 heterocycles. The van der Waals surface area contributed by atoms with Gasteiger partial charge in [-0.15, -0.1) is 0 Å².